The molecule has 3 heterocycles. The SMILES string of the molecule is COCCNC(=O)c1ccnc(C(=O)N2CCN(c3ncccn3)CC2)c1. The number of rotatable bonds is 6. The molecule has 142 valence electrons. The Kier molecular flexibility index (Phi) is 6.26. The van der Waals surface area contributed by atoms with E-state index in [4.69, 9.17) is 4.74 Å². The minimum Gasteiger partial charge on any atom is -0.383 e. The minimum atomic E-state index is -0.255. The summed E-state index contributed by atoms with van der Waals surface area (Å²) in [6, 6.07) is 4.88. The number of hydrogen-bond acceptors (Lipinski definition) is 7. The molecule has 0 aliphatic carbocycles. The fourth-order valence-corrected chi connectivity index (χ4v) is 2.78. The Hall–Kier alpha value is -3.07. The van der Waals surface area contributed by atoms with Crippen LogP contribution in [-0.2, 0) is 4.74 Å². The number of nitrogens with zero attached hydrogens (tertiary/aromatic N) is 5. The van der Waals surface area contributed by atoms with Gasteiger partial charge in [-0.05, 0) is 18.2 Å². The Morgan fingerprint density at radius 1 is 1.11 bits per heavy atom. The Bertz CT molecular complexity index is 778. The average molecular weight is 370 g/mol. The van der Waals surface area contributed by atoms with E-state index in [1.165, 1.54) is 12.3 Å². The zero-order valence-electron chi connectivity index (χ0n) is 15.2. The molecule has 3 rings (SSSR count). The van der Waals surface area contributed by atoms with Crippen LogP contribution >= 0.6 is 0 Å². The molecule has 1 aliphatic heterocycles. The Labute approximate surface area is 157 Å². The summed E-state index contributed by atoms with van der Waals surface area (Å²) in [4.78, 5) is 41.3. The third kappa shape index (κ3) is 4.76. The Balaban J connectivity index is 1.60. The molecule has 0 radical (unpaired) electrons. The highest BCUT2D eigenvalue weighted by Crippen LogP contribution is 2.12. The van der Waals surface area contributed by atoms with E-state index in [-0.39, 0.29) is 17.5 Å². The number of ether oxygens (including phenoxy) is 1. The van der Waals surface area contributed by atoms with Crippen molar-refractivity contribution >= 4 is 17.8 Å². The number of nitrogens with one attached hydrogen (secondary N) is 1. The van der Waals surface area contributed by atoms with Crippen LogP contribution in [0.5, 0.6) is 0 Å². The van der Waals surface area contributed by atoms with Gasteiger partial charge in [-0.25, -0.2) is 9.97 Å². The van der Waals surface area contributed by atoms with Gasteiger partial charge in [0.2, 0.25) is 5.95 Å². The average Bonchev–Trinajstić information content (AvgIpc) is 2.74. The van der Waals surface area contributed by atoms with Crippen molar-refractivity contribution in [2.24, 2.45) is 0 Å². The van der Waals surface area contributed by atoms with E-state index in [2.05, 4.69) is 20.3 Å². The number of pyridine rings is 1. The molecule has 2 amide bonds. The zero-order valence-corrected chi connectivity index (χ0v) is 15.2. The fourth-order valence-electron chi connectivity index (χ4n) is 2.78. The molecule has 1 N–H and O–H groups in total. The van der Waals surface area contributed by atoms with Crippen LogP contribution in [0, 0.1) is 0 Å². The van der Waals surface area contributed by atoms with Gasteiger partial charge < -0.3 is 19.9 Å². The molecule has 2 aromatic rings. The Morgan fingerprint density at radius 2 is 1.85 bits per heavy atom. The van der Waals surface area contributed by atoms with Crippen LogP contribution in [0.2, 0.25) is 0 Å². The van der Waals surface area contributed by atoms with Crippen LogP contribution < -0.4 is 10.2 Å². The molecule has 0 spiro atoms. The van der Waals surface area contributed by atoms with Crippen LogP contribution in [0.25, 0.3) is 0 Å². The number of piperazine rings is 1. The molecule has 9 heteroatoms. The molecule has 9 nitrogen and oxygen atoms in total. The van der Waals surface area contributed by atoms with Crippen LogP contribution in [0.15, 0.2) is 36.8 Å². The van der Waals surface area contributed by atoms with Crippen molar-refractivity contribution in [1.29, 1.82) is 0 Å². The lowest BCUT2D eigenvalue weighted by molar-refractivity contribution is 0.0740. The van der Waals surface area contributed by atoms with E-state index < -0.39 is 0 Å². The molecule has 27 heavy (non-hydrogen) atoms. The first-order valence-electron chi connectivity index (χ1n) is 8.73. The van der Waals surface area contributed by atoms with Gasteiger partial charge in [-0.3, -0.25) is 14.6 Å². The largest absolute Gasteiger partial charge is 0.383 e. The first-order valence-corrected chi connectivity index (χ1v) is 8.73. The first kappa shape index (κ1) is 18.7. The summed E-state index contributed by atoms with van der Waals surface area (Å²) in [6.07, 6.45) is 4.88. The zero-order chi connectivity index (χ0) is 19.1. The normalized spacial score (nSPS) is 14.1. The van der Waals surface area contributed by atoms with Gasteiger partial charge in [-0.2, -0.15) is 0 Å². The van der Waals surface area contributed by atoms with E-state index in [1.54, 1.807) is 36.5 Å². The predicted molar refractivity (Wildman–Crippen MR) is 98.6 cm³/mol. The van der Waals surface area contributed by atoms with Crippen molar-refractivity contribution < 1.29 is 14.3 Å². The second kappa shape index (κ2) is 9.04. The van der Waals surface area contributed by atoms with Gasteiger partial charge in [0.25, 0.3) is 11.8 Å². The van der Waals surface area contributed by atoms with Gasteiger partial charge >= 0.3 is 0 Å². The molecule has 0 unspecified atom stereocenters. The molecule has 1 aliphatic rings. The van der Waals surface area contributed by atoms with Gasteiger partial charge in [0, 0.05) is 64.0 Å². The second-order valence-corrected chi connectivity index (χ2v) is 6.01. The minimum absolute atomic E-state index is 0.185. The summed E-state index contributed by atoms with van der Waals surface area (Å²) in [6.45, 7) is 3.22. The van der Waals surface area contributed by atoms with E-state index in [0.29, 0.717) is 50.8 Å². The quantitative estimate of drug-likeness (QED) is 0.726. The second-order valence-electron chi connectivity index (χ2n) is 6.01. The number of methoxy groups -OCH3 is 1. The molecular weight excluding hydrogens is 348 g/mol. The predicted octanol–water partition coefficient (Wildman–Crippen LogP) is 0.210. The smallest absolute Gasteiger partial charge is 0.272 e. The van der Waals surface area contributed by atoms with Crippen LogP contribution in [0.1, 0.15) is 20.8 Å². The summed E-state index contributed by atoms with van der Waals surface area (Å²) in [5, 5.41) is 2.73. The lowest BCUT2D eigenvalue weighted by Crippen LogP contribution is -2.49. The highest BCUT2D eigenvalue weighted by atomic mass is 16.5. The third-order valence-corrected chi connectivity index (χ3v) is 4.23. The van der Waals surface area contributed by atoms with Gasteiger partial charge in [0.1, 0.15) is 5.69 Å². The molecule has 0 aromatic carbocycles. The first-order chi connectivity index (χ1) is 13.2. The van der Waals surface area contributed by atoms with Crippen LogP contribution in [-0.4, -0.2) is 78.1 Å². The van der Waals surface area contributed by atoms with Crippen molar-refractivity contribution in [3.8, 4) is 0 Å². The monoisotopic (exact) mass is 370 g/mol. The van der Waals surface area contributed by atoms with Crippen molar-refractivity contribution in [2.45, 2.75) is 0 Å². The number of amides is 2. The number of anilines is 1. The van der Waals surface area contributed by atoms with E-state index in [1.807, 2.05) is 4.90 Å². The van der Waals surface area contributed by atoms with E-state index in [0.717, 1.165) is 0 Å². The van der Waals surface area contributed by atoms with E-state index >= 15 is 0 Å². The van der Waals surface area contributed by atoms with Crippen molar-refractivity contribution in [2.75, 3.05) is 51.3 Å². The lowest BCUT2D eigenvalue weighted by Gasteiger charge is -2.34. The van der Waals surface area contributed by atoms with Crippen molar-refractivity contribution in [3.05, 3.63) is 48.0 Å². The van der Waals surface area contributed by atoms with Crippen LogP contribution in [0.4, 0.5) is 5.95 Å². The summed E-state index contributed by atoms with van der Waals surface area (Å²) in [7, 11) is 1.57. The number of aromatic nitrogens is 3. The highest BCUT2D eigenvalue weighted by molar-refractivity contribution is 5.98. The summed E-state index contributed by atoms with van der Waals surface area (Å²) in [5.74, 6) is 0.224. The standard InChI is InChI=1S/C18H22N6O3/c1-27-12-7-20-16(25)14-3-6-19-15(13-14)17(26)23-8-10-24(11-9-23)18-21-4-2-5-22-18/h2-6,13H,7-12H2,1H3,(H,20,25). The maximum absolute atomic E-state index is 12.7. The molecule has 2 aromatic heterocycles. The van der Waals surface area contributed by atoms with Gasteiger partial charge in [-0.15, -0.1) is 0 Å². The summed E-state index contributed by atoms with van der Waals surface area (Å²) < 4.78 is 4.91. The van der Waals surface area contributed by atoms with Gasteiger partial charge in [-0.1, -0.05) is 0 Å². The van der Waals surface area contributed by atoms with Gasteiger partial charge in [0.05, 0.1) is 6.61 Å². The fraction of sp³-hybridized carbons (Fsp3) is 0.389. The maximum atomic E-state index is 12.7. The van der Waals surface area contributed by atoms with Gasteiger partial charge in [0.15, 0.2) is 0 Å². The summed E-state index contributed by atoms with van der Waals surface area (Å²) >= 11 is 0. The number of hydrogen-bond donors (Lipinski definition) is 1. The number of carbonyl (C=O) groups is 2. The maximum Gasteiger partial charge on any atom is 0.272 e. The lowest BCUT2D eigenvalue weighted by atomic mass is 10.2. The molecular formula is C18H22N6O3. The topological polar surface area (TPSA) is 101 Å². The third-order valence-electron chi connectivity index (χ3n) is 4.23. The molecule has 0 bridgehead atoms. The highest BCUT2D eigenvalue weighted by Gasteiger charge is 2.24. The van der Waals surface area contributed by atoms with Crippen molar-refractivity contribution in [1.82, 2.24) is 25.2 Å². The van der Waals surface area contributed by atoms with Crippen molar-refractivity contribution in [3.63, 3.8) is 0 Å². The van der Waals surface area contributed by atoms with Crippen LogP contribution in [0.3, 0.4) is 0 Å². The molecule has 0 saturated carbocycles. The number of carbonyl (C=O) groups excluding carboxylic acids is 2. The molecule has 1 saturated heterocycles. The molecule has 0 atom stereocenters. The van der Waals surface area contributed by atoms with E-state index in [9.17, 15) is 9.59 Å². The summed E-state index contributed by atoms with van der Waals surface area (Å²) in [5.41, 5.74) is 0.666. The Morgan fingerprint density at radius 3 is 2.56 bits per heavy atom. The molecule has 1 fully saturated rings.